The smallest absolute Gasteiger partial charge is 0.319 e. The van der Waals surface area contributed by atoms with E-state index in [1.165, 1.54) is 37.0 Å². The van der Waals surface area contributed by atoms with Gasteiger partial charge in [-0.25, -0.2) is 9.18 Å². The van der Waals surface area contributed by atoms with Crippen LogP contribution in [0.5, 0.6) is 0 Å². The van der Waals surface area contributed by atoms with Crippen molar-refractivity contribution in [3.05, 3.63) is 47.4 Å². The third-order valence-electron chi connectivity index (χ3n) is 3.27. The van der Waals surface area contributed by atoms with Crippen LogP contribution in [-0.4, -0.2) is 6.03 Å². The minimum atomic E-state index is -0.268. The van der Waals surface area contributed by atoms with Crippen molar-refractivity contribution in [1.82, 2.24) is 10.6 Å². The Morgan fingerprint density at radius 1 is 1.16 bits per heavy atom. The van der Waals surface area contributed by atoms with Crippen molar-refractivity contribution in [2.75, 3.05) is 0 Å². The molecule has 4 heteroatoms. The largest absolute Gasteiger partial charge is 0.334 e. The van der Waals surface area contributed by atoms with Crippen LogP contribution in [-0.2, 0) is 6.54 Å². The van der Waals surface area contributed by atoms with Crippen LogP contribution in [0.25, 0.3) is 0 Å². The van der Waals surface area contributed by atoms with Gasteiger partial charge in [-0.1, -0.05) is 24.1 Å². The zero-order valence-corrected chi connectivity index (χ0v) is 10.9. The Labute approximate surface area is 112 Å². The lowest BCUT2D eigenvalue weighted by molar-refractivity contribution is 0.243. The zero-order valence-electron chi connectivity index (χ0n) is 10.9. The van der Waals surface area contributed by atoms with Crippen LogP contribution in [0.3, 0.4) is 0 Å². The van der Waals surface area contributed by atoms with E-state index in [2.05, 4.69) is 10.6 Å². The van der Waals surface area contributed by atoms with Crippen molar-refractivity contribution in [3.8, 4) is 0 Å². The Morgan fingerprint density at radius 2 is 1.84 bits per heavy atom. The van der Waals surface area contributed by atoms with Crippen LogP contribution >= 0.6 is 0 Å². The van der Waals surface area contributed by atoms with E-state index in [0.717, 1.165) is 18.4 Å². The van der Waals surface area contributed by atoms with Gasteiger partial charge in [-0.3, -0.25) is 0 Å². The lowest BCUT2D eigenvalue weighted by Gasteiger charge is -2.13. The van der Waals surface area contributed by atoms with Crippen LogP contribution < -0.4 is 10.6 Å². The van der Waals surface area contributed by atoms with Gasteiger partial charge in [0, 0.05) is 12.7 Å². The maximum Gasteiger partial charge on any atom is 0.319 e. The summed E-state index contributed by atoms with van der Waals surface area (Å²) in [5.41, 5.74) is 2.19. The number of carbonyl (C=O) groups excluding carboxylic acids is 1. The molecule has 1 aliphatic carbocycles. The maximum absolute atomic E-state index is 12.7. The van der Waals surface area contributed by atoms with Crippen LogP contribution in [0.15, 0.2) is 36.0 Å². The zero-order chi connectivity index (χ0) is 13.5. The Hall–Kier alpha value is -1.84. The molecule has 2 N–H and O–H groups in total. The number of benzene rings is 1. The van der Waals surface area contributed by atoms with Crippen molar-refractivity contribution in [3.63, 3.8) is 0 Å². The molecule has 1 fully saturated rings. The van der Waals surface area contributed by atoms with Crippen LogP contribution in [0.1, 0.15) is 37.7 Å². The van der Waals surface area contributed by atoms with Crippen molar-refractivity contribution >= 4 is 6.03 Å². The number of nitrogens with one attached hydrogen (secondary N) is 2. The van der Waals surface area contributed by atoms with Crippen LogP contribution in [0, 0.1) is 5.82 Å². The van der Waals surface area contributed by atoms with E-state index >= 15 is 0 Å². The van der Waals surface area contributed by atoms with Gasteiger partial charge in [-0.05, 0) is 43.4 Å². The predicted molar refractivity (Wildman–Crippen MR) is 72.9 cm³/mol. The lowest BCUT2D eigenvalue weighted by Crippen LogP contribution is -2.32. The number of amides is 2. The molecule has 1 aromatic carbocycles. The number of carbonyl (C=O) groups is 1. The Bertz CT molecular complexity index is 446. The molecule has 3 nitrogen and oxygen atoms in total. The highest BCUT2D eigenvalue weighted by molar-refractivity contribution is 5.74. The fourth-order valence-corrected chi connectivity index (χ4v) is 2.15. The van der Waals surface area contributed by atoms with Gasteiger partial charge in [0.2, 0.25) is 0 Å². The second kappa shape index (κ2) is 6.92. The van der Waals surface area contributed by atoms with E-state index in [-0.39, 0.29) is 11.8 Å². The summed E-state index contributed by atoms with van der Waals surface area (Å²) in [6.45, 7) is 0.398. The molecule has 1 saturated carbocycles. The predicted octanol–water partition coefficient (Wildman–Crippen LogP) is 3.47. The molecule has 2 rings (SSSR count). The first-order chi connectivity index (χ1) is 9.24. The summed E-state index contributed by atoms with van der Waals surface area (Å²) in [6, 6.07) is 5.88. The van der Waals surface area contributed by atoms with Crippen molar-refractivity contribution in [2.24, 2.45) is 0 Å². The summed E-state index contributed by atoms with van der Waals surface area (Å²) in [6.07, 6.45) is 7.69. The molecule has 0 aromatic heterocycles. The summed E-state index contributed by atoms with van der Waals surface area (Å²) in [7, 11) is 0. The standard InChI is InChI=1S/C15H19FN2O/c16-14-8-6-13(7-9-14)11-18-15(19)17-10-12-4-2-1-3-5-12/h6-10H,1-5,11H2,(H2,17,18,19). The Kier molecular flexibility index (Phi) is 4.95. The van der Waals surface area contributed by atoms with Gasteiger partial charge in [-0.15, -0.1) is 0 Å². The van der Waals surface area contributed by atoms with E-state index in [4.69, 9.17) is 0 Å². The highest BCUT2D eigenvalue weighted by Gasteiger charge is 2.05. The minimum absolute atomic E-state index is 0.220. The highest BCUT2D eigenvalue weighted by Crippen LogP contribution is 2.21. The molecule has 0 saturated heterocycles. The van der Waals surface area contributed by atoms with E-state index < -0.39 is 0 Å². The molecule has 19 heavy (non-hydrogen) atoms. The van der Waals surface area contributed by atoms with E-state index in [1.54, 1.807) is 12.1 Å². The number of rotatable bonds is 3. The first-order valence-corrected chi connectivity index (χ1v) is 6.71. The van der Waals surface area contributed by atoms with Crippen LogP contribution in [0.4, 0.5) is 9.18 Å². The number of hydrogen-bond donors (Lipinski definition) is 2. The van der Waals surface area contributed by atoms with Crippen LogP contribution in [0.2, 0.25) is 0 Å². The molecule has 0 bridgehead atoms. The molecule has 0 spiro atoms. The van der Waals surface area contributed by atoms with E-state index in [1.807, 2.05) is 6.20 Å². The fraction of sp³-hybridized carbons (Fsp3) is 0.400. The molecule has 102 valence electrons. The topological polar surface area (TPSA) is 41.1 Å². The minimum Gasteiger partial charge on any atom is -0.334 e. The van der Waals surface area contributed by atoms with Crippen molar-refractivity contribution in [2.45, 2.75) is 38.6 Å². The quantitative estimate of drug-likeness (QED) is 0.860. The lowest BCUT2D eigenvalue weighted by atomic mass is 9.96. The average molecular weight is 262 g/mol. The molecule has 0 atom stereocenters. The third kappa shape index (κ3) is 4.73. The van der Waals surface area contributed by atoms with Crippen molar-refractivity contribution < 1.29 is 9.18 Å². The number of urea groups is 1. The van der Waals surface area contributed by atoms with Gasteiger partial charge in [0.25, 0.3) is 0 Å². The van der Waals surface area contributed by atoms with Gasteiger partial charge in [0.15, 0.2) is 0 Å². The molecular formula is C15H19FN2O. The summed E-state index contributed by atoms with van der Waals surface area (Å²) >= 11 is 0. The second-order valence-electron chi connectivity index (χ2n) is 4.82. The summed E-state index contributed by atoms with van der Waals surface area (Å²) < 4.78 is 12.7. The monoisotopic (exact) mass is 262 g/mol. The van der Waals surface area contributed by atoms with Gasteiger partial charge < -0.3 is 10.6 Å². The Balaban J connectivity index is 1.73. The molecule has 1 aromatic rings. The molecular weight excluding hydrogens is 243 g/mol. The third-order valence-corrected chi connectivity index (χ3v) is 3.27. The maximum atomic E-state index is 12.7. The Morgan fingerprint density at radius 3 is 2.53 bits per heavy atom. The highest BCUT2D eigenvalue weighted by atomic mass is 19.1. The summed E-state index contributed by atoms with van der Waals surface area (Å²) in [4.78, 5) is 11.6. The number of hydrogen-bond acceptors (Lipinski definition) is 1. The molecule has 0 unspecified atom stereocenters. The van der Waals surface area contributed by atoms with Gasteiger partial charge in [-0.2, -0.15) is 0 Å². The fourth-order valence-electron chi connectivity index (χ4n) is 2.15. The van der Waals surface area contributed by atoms with E-state index in [9.17, 15) is 9.18 Å². The first-order valence-electron chi connectivity index (χ1n) is 6.71. The summed E-state index contributed by atoms with van der Waals surface area (Å²) in [5.74, 6) is -0.268. The van der Waals surface area contributed by atoms with Gasteiger partial charge in [0.1, 0.15) is 5.82 Å². The normalized spacial score (nSPS) is 14.9. The first kappa shape index (κ1) is 13.6. The van der Waals surface area contributed by atoms with Gasteiger partial charge >= 0.3 is 6.03 Å². The molecule has 0 radical (unpaired) electrons. The SMILES string of the molecule is O=C(NC=C1CCCCC1)NCc1ccc(F)cc1. The molecule has 2 amide bonds. The number of allylic oxidation sites excluding steroid dienone is 1. The van der Waals surface area contributed by atoms with Gasteiger partial charge in [0.05, 0.1) is 0 Å². The molecule has 1 aliphatic rings. The average Bonchev–Trinajstić information content (AvgIpc) is 2.45. The van der Waals surface area contributed by atoms with Crippen molar-refractivity contribution in [1.29, 1.82) is 0 Å². The summed E-state index contributed by atoms with van der Waals surface area (Å²) in [5, 5.41) is 5.49. The van der Waals surface area contributed by atoms with E-state index in [0.29, 0.717) is 6.54 Å². The molecule has 0 aliphatic heterocycles. The number of halogens is 1. The second-order valence-corrected chi connectivity index (χ2v) is 4.82. The molecule has 0 heterocycles.